The number of aromatic nitrogens is 2. The van der Waals surface area contributed by atoms with Crippen molar-refractivity contribution < 1.29 is 27.1 Å². The molecule has 0 aromatic carbocycles. The zero-order valence-electron chi connectivity index (χ0n) is 15.2. The number of anilines is 1. The van der Waals surface area contributed by atoms with Crippen LogP contribution < -0.4 is 5.32 Å². The number of amides is 1. The first-order chi connectivity index (χ1) is 13.1. The Morgan fingerprint density at radius 1 is 1.21 bits per heavy atom. The van der Waals surface area contributed by atoms with Gasteiger partial charge in [0, 0.05) is 25.3 Å². The van der Waals surface area contributed by atoms with Crippen molar-refractivity contribution in [1.29, 1.82) is 0 Å². The summed E-state index contributed by atoms with van der Waals surface area (Å²) in [6, 6.07) is 0.0775. The molecule has 7 nitrogen and oxygen atoms in total. The van der Waals surface area contributed by atoms with Gasteiger partial charge >= 0.3 is 6.18 Å². The second-order valence-corrected chi connectivity index (χ2v) is 10.3. The Balaban J connectivity index is 1.54. The first-order valence-electron chi connectivity index (χ1n) is 9.36. The number of carbonyl (C=O) groups is 1. The van der Waals surface area contributed by atoms with E-state index < -0.39 is 33.9 Å². The molecule has 1 aliphatic heterocycles. The highest BCUT2D eigenvalue weighted by Gasteiger charge is 2.42. The van der Waals surface area contributed by atoms with Gasteiger partial charge in [-0.15, -0.1) is 0 Å². The summed E-state index contributed by atoms with van der Waals surface area (Å²) in [4.78, 5) is 21.4. The highest BCUT2D eigenvalue weighted by molar-refractivity contribution is 8.24. The van der Waals surface area contributed by atoms with Crippen LogP contribution in [-0.4, -0.2) is 60.5 Å². The van der Waals surface area contributed by atoms with Gasteiger partial charge < -0.3 is 10.2 Å². The van der Waals surface area contributed by atoms with Gasteiger partial charge in [-0.05, 0) is 31.1 Å². The minimum Gasteiger partial charge on any atom is -0.351 e. The molecule has 1 aromatic heterocycles. The van der Waals surface area contributed by atoms with Gasteiger partial charge in [-0.3, -0.25) is 13.9 Å². The van der Waals surface area contributed by atoms with E-state index in [1.165, 1.54) is 11.3 Å². The number of nitrogens with zero attached hydrogens (tertiary/aromatic N) is 3. The molecule has 3 aliphatic rings. The average Bonchev–Trinajstić information content (AvgIpc) is 3.23. The van der Waals surface area contributed by atoms with Gasteiger partial charge in [0.15, 0.2) is 5.69 Å². The highest BCUT2D eigenvalue weighted by Crippen LogP contribution is 2.45. The maximum Gasteiger partial charge on any atom is 0.434 e. The van der Waals surface area contributed by atoms with Crippen LogP contribution in [0.25, 0.3) is 0 Å². The molecule has 2 heterocycles. The molecule has 2 bridgehead atoms. The topological polar surface area (TPSA) is 98.6 Å². The van der Waals surface area contributed by atoms with Crippen LogP contribution >= 0.6 is 10.6 Å². The Hall–Kier alpha value is -1.59. The van der Waals surface area contributed by atoms with E-state index in [4.69, 9.17) is 0 Å². The van der Waals surface area contributed by atoms with Crippen molar-refractivity contribution in [2.75, 3.05) is 29.9 Å². The van der Waals surface area contributed by atoms with Crippen LogP contribution in [0.3, 0.4) is 0 Å². The summed E-state index contributed by atoms with van der Waals surface area (Å²) >= 11 is 0. The van der Waals surface area contributed by atoms with E-state index in [2.05, 4.69) is 15.3 Å². The number of carbonyl (C=O) groups excluding carboxylic acids is 1. The molecule has 1 saturated heterocycles. The first-order valence-corrected chi connectivity index (χ1v) is 11.2. The van der Waals surface area contributed by atoms with Crippen LogP contribution in [0.4, 0.5) is 19.1 Å². The molecule has 1 aromatic rings. The molecule has 156 valence electrons. The largest absolute Gasteiger partial charge is 0.434 e. The van der Waals surface area contributed by atoms with Crippen molar-refractivity contribution in [3.05, 3.63) is 17.5 Å². The maximum atomic E-state index is 13.6. The van der Waals surface area contributed by atoms with Crippen LogP contribution in [-0.2, 0) is 6.18 Å². The predicted octanol–water partition coefficient (Wildman–Crippen LogP) is 3.30. The Bertz CT molecular complexity index is 767. The molecule has 0 radical (unpaired) electrons. The third-order valence-corrected chi connectivity index (χ3v) is 7.68. The SMILES string of the molecule is O=C(c1cnc(N[C@H]2C[C@@H]3CC[C@@H]2C3)nc1C(F)(F)F)N1CCS(O)(O)CC1. The summed E-state index contributed by atoms with van der Waals surface area (Å²) in [5.74, 6) is 0.0486. The molecule has 2 saturated carbocycles. The zero-order valence-corrected chi connectivity index (χ0v) is 16.0. The standard InChI is InChI=1S/C17H23F3N4O3S/c18-17(19,20)14-12(15(25)24-3-5-28(26,27)6-4-24)9-21-16(23-14)22-13-8-10-1-2-11(13)7-10/h9-11,13,26-27H,1-8H2,(H,21,22,23)/t10-,11-,13+/m1/s1. The summed E-state index contributed by atoms with van der Waals surface area (Å²) in [5, 5.41) is 3.03. The average molecular weight is 420 g/mol. The summed E-state index contributed by atoms with van der Waals surface area (Å²) in [6.07, 6.45) is 0.382. The molecular weight excluding hydrogens is 397 g/mol. The van der Waals surface area contributed by atoms with Gasteiger partial charge in [-0.1, -0.05) is 6.42 Å². The predicted molar refractivity (Wildman–Crippen MR) is 98.4 cm³/mol. The molecule has 28 heavy (non-hydrogen) atoms. The second-order valence-electron chi connectivity index (χ2n) is 7.88. The van der Waals surface area contributed by atoms with Crippen LogP contribution in [0.5, 0.6) is 0 Å². The molecule has 3 fully saturated rings. The van der Waals surface area contributed by atoms with E-state index in [1.54, 1.807) is 0 Å². The third kappa shape index (κ3) is 3.92. The van der Waals surface area contributed by atoms with Crippen molar-refractivity contribution in [1.82, 2.24) is 14.9 Å². The molecule has 1 amide bonds. The fraction of sp³-hybridized carbons (Fsp3) is 0.706. The molecule has 11 heteroatoms. The lowest BCUT2D eigenvalue weighted by Gasteiger charge is -2.41. The van der Waals surface area contributed by atoms with E-state index in [0.29, 0.717) is 11.8 Å². The van der Waals surface area contributed by atoms with E-state index in [1.807, 2.05) is 0 Å². The smallest absolute Gasteiger partial charge is 0.351 e. The lowest BCUT2D eigenvalue weighted by molar-refractivity contribution is -0.141. The van der Waals surface area contributed by atoms with Crippen LogP contribution in [0, 0.1) is 11.8 Å². The number of rotatable bonds is 3. The minimum absolute atomic E-state index is 0.0103. The Labute approximate surface area is 162 Å². The summed E-state index contributed by atoms with van der Waals surface area (Å²) < 4.78 is 60.0. The Kier molecular flexibility index (Phi) is 4.95. The van der Waals surface area contributed by atoms with Crippen molar-refractivity contribution in [2.45, 2.75) is 37.9 Å². The lowest BCUT2D eigenvalue weighted by Crippen LogP contribution is -2.43. The fourth-order valence-electron chi connectivity index (χ4n) is 4.51. The molecule has 0 unspecified atom stereocenters. The van der Waals surface area contributed by atoms with Crippen molar-refractivity contribution in [2.24, 2.45) is 11.8 Å². The van der Waals surface area contributed by atoms with E-state index in [0.717, 1.165) is 25.5 Å². The molecule has 0 spiro atoms. The van der Waals surface area contributed by atoms with Gasteiger partial charge in [0.25, 0.3) is 5.91 Å². The van der Waals surface area contributed by atoms with Crippen molar-refractivity contribution >= 4 is 22.4 Å². The summed E-state index contributed by atoms with van der Waals surface area (Å²) in [6.45, 7) is -0.0206. The monoisotopic (exact) mass is 420 g/mol. The maximum absolute atomic E-state index is 13.6. The number of halogens is 3. The molecule has 2 aliphatic carbocycles. The van der Waals surface area contributed by atoms with E-state index in [-0.39, 0.29) is 36.6 Å². The number of fused-ring (bicyclic) bond motifs is 2. The summed E-state index contributed by atoms with van der Waals surface area (Å²) in [5.41, 5.74) is -1.86. The molecule has 3 N–H and O–H groups in total. The zero-order chi connectivity index (χ0) is 20.1. The number of alkyl halides is 3. The Morgan fingerprint density at radius 2 is 1.93 bits per heavy atom. The van der Waals surface area contributed by atoms with Gasteiger partial charge in [0.2, 0.25) is 5.95 Å². The second kappa shape index (κ2) is 7.03. The lowest BCUT2D eigenvalue weighted by atomic mass is 9.95. The normalized spacial score (nSPS) is 30.3. The van der Waals surface area contributed by atoms with Gasteiger partial charge in [-0.25, -0.2) is 9.97 Å². The van der Waals surface area contributed by atoms with Gasteiger partial charge in [0.1, 0.15) is 0 Å². The number of hydrogen-bond acceptors (Lipinski definition) is 6. The van der Waals surface area contributed by atoms with E-state index >= 15 is 0 Å². The Morgan fingerprint density at radius 3 is 2.50 bits per heavy atom. The van der Waals surface area contributed by atoms with Crippen LogP contribution in [0.1, 0.15) is 41.7 Å². The van der Waals surface area contributed by atoms with Crippen LogP contribution in [0.15, 0.2) is 6.20 Å². The van der Waals surface area contributed by atoms with Crippen LogP contribution in [0.2, 0.25) is 0 Å². The van der Waals surface area contributed by atoms with Gasteiger partial charge in [0.05, 0.1) is 17.1 Å². The van der Waals surface area contributed by atoms with Crippen molar-refractivity contribution in [3.8, 4) is 0 Å². The van der Waals surface area contributed by atoms with Gasteiger partial charge in [-0.2, -0.15) is 23.8 Å². The number of hydrogen-bond donors (Lipinski definition) is 3. The molecule has 3 atom stereocenters. The minimum atomic E-state index is -4.79. The first kappa shape index (κ1) is 19.7. The fourth-order valence-corrected chi connectivity index (χ4v) is 5.74. The summed E-state index contributed by atoms with van der Waals surface area (Å²) in [7, 11) is -2.75. The van der Waals surface area contributed by atoms with Crippen molar-refractivity contribution in [3.63, 3.8) is 0 Å². The molecular formula is C17H23F3N4O3S. The highest BCUT2D eigenvalue weighted by atomic mass is 32.3. The van der Waals surface area contributed by atoms with E-state index in [9.17, 15) is 27.1 Å². The number of nitrogens with one attached hydrogen (secondary N) is 1. The molecule has 4 rings (SSSR count). The third-order valence-electron chi connectivity index (χ3n) is 6.00. The quantitative estimate of drug-likeness (QED) is 0.694.